The Kier molecular flexibility index (Phi) is 10.9. The first-order valence-corrected chi connectivity index (χ1v) is 8.06. The maximum Gasteiger partial charge on any atom is 0.152 e. The smallest absolute Gasteiger partial charge is 0.152 e. The Bertz CT molecular complexity index is 548. The minimum absolute atomic E-state index is 0.0152. The molecule has 0 aromatic heterocycles. The van der Waals surface area contributed by atoms with E-state index < -0.39 is 18.3 Å². The van der Waals surface area contributed by atoms with Gasteiger partial charge in [0.05, 0.1) is 18.3 Å². The predicted octanol–water partition coefficient (Wildman–Crippen LogP) is 3.02. The van der Waals surface area contributed by atoms with E-state index in [0.29, 0.717) is 0 Å². The van der Waals surface area contributed by atoms with Crippen molar-refractivity contribution in [3.05, 3.63) is 59.3 Å². The summed E-state index contributed by atoms with van der Waals surface area (Å²) in [4.78, 5) is 10.9. The van der Waals surface area contributed by atoms with Crippen molar-refractivity contribution in [2.75, 3.05) is 0 Å². The largest absolute Gasteiger partial charge is 0.393 e. The Morgan fingerprint density at radius 1 is 0.917 bits per heavy atom. The summed E-state index contributed by atoms with van der Waals surface area (Å²) in [5.41, 5.74) is 2.82. The third-order valence-corrected chi connectivity index (χ3v) is 3.16. The summed E-state index contributed by atoms with van der Waals surface area (Å²) < 4.78 is 0. The summed E-state index contributed by atoms with van der Waals surface area (Å²) >= 11 is 0. The van der Waals surface area contributed by atoms with Gasteiger partial charge in [0.1, 0.15) is 0 Å². The fourth-order valence-corrected chi connectivity index (χ4v) is 1.98. The number of carbonyl (C=O) groups excluding carboxylic acids is 1. The molecule has 0 saturated carbocycles. The molecule has 3 atom stereocenters. The third kappa shape index (κ3) is 11.8. The first-order chi connectivity index (χ1) is 11.1. The molecule has 0 aliphatic carbocycles. The van der Waals surface area contributed by atoms with Gasteiger partial charge in [-0.15, -0.1) is 0 Å². The van der Waals surface area contributed by atoms with Crippen LogP contribution in [0.15, 0.2) is 59.3 Å². The van der Waals surface area contributed by atoms with Crippen LogP contribution in [-0.4, -0.2) is 39.4 Å². The lowest BCUT2D eigenvalue weighted by Crippen LogP contribution is -2.27. The fraction of sp³-hybridized carbons (Fsp3) is 0.450. The first kappa shape index (κ1) is 22.2. The maximum absolute atomic E-state index is 10.9. The number of rotatable bonds is 9. The normalized spacial score (nSPS) is 18.2. The molecule has 4 nitrogen and oxygen atoms in total. The van der Waals surface area contributed by atoms with Crippen molar-refractivity contribution < 1.29 is 20.1 Å². The molecule has 0 fully saturated rings. The van der Waals surface area contributed by atoms with Gasteiger partial charge in [0.25, 0.3) is 0 Å². The SMILES string of the molecule is CC(=O)/C=C/C(C)=C/C(C)=C/C=C/C(C)=C/[C@H](O)[C@@H](O)C[C@H](C)O. The summed E-state index contributed by atoms with van der Waals surface area (Å²) in [6.45, 7) is 8.79. The first-order valence-electron chi connectivity index (χ1n) is 8.06. The van der Waals surface area contributed by atoms with Crippen LogP contribution < -0.4 is 0 Å². The van der Waals surface area contributed by atoms with Crippen LogP contribution in [0.2, 0.25) is 0 Å². The van der Waals surface area contributed by atoms with Gasteiger partial charge in [0.15, 0.2) is 5.78 Å². The Balaban J connectivity index is 4.74. The molecule has 0 aromatic rings. The van der Waals surface area contributed by atoms with Crippen molar-refractivity contribution in [1.82, 2.24) is 0 Å². The number of aliphatic hydroxyl groups excluding tert-OH is 3. The lowest BCUT2D eigenvalue weighted by molar-refractivity contribution is -0.112. The molecule has 0 saturated heterocycles. The lowest BCUT2D eigenvalue weighted by Gasteiger charge is -2.16. The quantitative estimate of drug-likeness (QED) is 0.447. The van der Waals surface area contributed by atoms with Crippen molar-refractivity contribution in [1.29, 1.82) is 0 Å². The van der Waals surface area contributed by atoms with Gasteiger partial charge >= 0.3 is 0 Å². The number of aliphatic hydroxyl groups is 3. The maximum atomic E-state index is 10.9. The molecule has 0 aliphatic rings. The summed E-state index contributed by atoms with van der Waals surface area (Å²) in [5.74, 6) is 0.0152. The highest BCUT2D eigenvalue weighted by atomic mass is 16.3. The van der Waals surface area contributed by atoms with Gasteiger partial charge in [-0.05, 0) is 40.7 Å². The van der Waals surface area contributed by atoms with E-state index in [1.807, 2.05) is 45.1 Å². The molecule has 0 bridgehead atoms. The molecule has 0 spiro atoms. The highest BCUT2D eigenvalue weighted by Crippen LogP contribution is 2.08. The van der Waals surface area contributed by atoms with E-state index in [9.17, 15) is 20.1 Å². The molecule has 0 radical (unpaired) electrons. The zero-order valence-electron chi connectivity index (χ0n) is 15.2. The summed E-state index contributed by atoms with van der Waals surface area (Å²) in [6.07, 6.45) is 9.91. The van der Waals surface area contributed by atoms with E-state index in [4.69, 9.17) is 0 Å². The molecular formula is C20H30O4. The van der Waals surface area contributed by atoms with E-state index in [2.05, 4.69) is 0 Å². The average molecular weight is 334 g/mol. The van der Waals surface area contributed by atoms with Crippen molar-refractivity contribution in [3.63, 3.8) is 0 Å². The van der Waals surface area contributed by atoms with Gasteiger partial charge in [0, 0.05) is 6.42 Å². The van der Waals surface area contributed by atoms with Crippen LogP contribution in [0.3, 0.4) is 0 Å². The molecule has 0 amide bonds. The Hall–Kier alpha value is -1.75. The molecule has 0 rings (SSSR count). The molecule has 24 heavy (non-hydrogen) atoms. The highest BCUT2D eigenvalue weighted by Gasteiger charge is 2.15. The summed E-state index contributed by atoms with van der Waals surface area (Å²) in [7, 11) is 0. The molecule has 0 unspecified atom stereocenters. The van der Waals surface area contributed by atoms with E-state index in [1.54, 1.807) is 19.1 Å². The average Bonchev–Trinajstić information content (AvgIpc) is 2.44. The minimum Gasteiger partial charge on any atom is -0.393 e. The van der Waals surface area contributed by atoms with E-state index in [-0.39, 0.29) is 12.2 Å². The molecular weight excluding hydrogens is 304 g/mol. The Morgan fingerprint density at radius 3 is 2.08 bits per heavy atom. The topological polar surface area (TPSA) is 77.8 Å². The van der Waals surface area contributed by atoms with E-state index in [0.717, 1.165) is 16.7 Å². The molecule has 0 aromatic carbocycles. The van der Waals surface area contributed by atoms with Crippen LogP contribution in [0.25, 0.3) is 0 Å². The number of hydrogen-bond donors (Lipinski definition) is 3. The van der Waals surface area contributed by atoms with Gasteiger partial charge in [0.2, 0.25) is 0 Å². The van der Waals surface area contributed by atoms with Crippen LogP contribution in [0.1, 0.15) is 41.0 Å². The van der Waals surface area contributed by atoms with Gasteiger partial charge in [-0.2, -0.15) is 0 Å². The molecule has 0 aliphatic heterocycles. The predicted molar refractivity (Wildman–Crippen MR) is 98.5 cm³/mol. The number of ketones is 1. The third-order valence-electron chi connectivity index (χ3n) is 3.16. The zero-order valence-corrected chi connectivity index (χ0v) is 15.2. The second-order valence-corrected chi connectivity index (χ2v) is 6.16. The Labute approximate surface area is 145 Å². The van der Waals surface area contributed by atoms with Crippen molar-refractivity contribution >= 4 is 5.78 Å². The zero-order chi connectivity index (χ0) is 18.7. The molecule has 134 valence electrons. The van der Waals surface area contributed by atoms with Gasteiger partial charge in [-0.25, -0.2) is 0 Å². The minimum atomic E-state index is -1.01. The monoisotopic (exact) mass is 334 g/mol. The van der Waals surface area contributed by atoms with Crippen LogP contribution in [-0.2, 0) is 4.79 Å². The van der Waals surface area contributed by atoms with Crippen molar-refractivity contribution in [3.8, 4) is 0 Å². The van der Waals surface area contributed by atoms with Crippen molar-refractivity contribution in [2.45, 2.75) is 59.4 Å². The number of carbonyl (C=O) groups is 1. The highest BCUT2D eigenvalue weighted by molar-refractivity contribution is 5.87. The second-order valence-electron chi connectivity index (χ2n) is 6.16. The van der Waals surface area contributed by atoms with E-state index in [1.165, 1.54) is 13.0 Å². The molecule has 4 heteroatoms. The van der Waals surface area contributed by atoms with Crippen molar-refractivity contribution in [2.24, 2.45) is 0 Å². The fourth-order valence-electron chi connectivity index (χ4n) is 1.98. The Morgan fingerprint density at radius 2 is 1.54 bits per heavy atom. The van der Waals surface area contributed by atoms with Crippen LogP contribution >= 0.6 is 0 Å². The molecule has 3 N–H and O–H groups in total. The standard InChI is InChI=1S/C20H30O4/c1-14(11-16(3)9-10-17(4)21)7-6-8-15(2)12-19(23)20(24)13-18(5)22/h6-12,18-20,22-24H,13H2,1-5H3/b8-6+,10-9+,14-7+,15-12+,16-11+/t18-,19-,20-/m0/s1. The van der Waals surface area contributed by atoms with Gasteiger partial charge < -0.3 is 15.3 Å². The lowest BCUT2D eigenvalue weighted by atomic mass is 10.0. The van der Waals surface area contributed by atoms with Crippen LogP contribution in [0.4, 0.5) is 0 Å². The van der Waals surface area contributed by atoms with Gasteiger partial charge in [-0.3, -0.25) is 4.79 Å². The number of allylic oxidation sites excluding steroid dienone is 9. The van der Waals surface area contributed by atoms with E-state index >= 15 is 0 Å². The summed E-state index contributed by atoms with van der Waals surface area (Å²) in [6, 6.07) is 0. The van der Waals surface area contributed by atoms with Crippen LogP contribution in [0, 0.1) is 0 Å². The van der Waals surface area contributed by atoms with Gasteiger partial charge in [-0.1, -0.05) is 53.2 Å². The second kappa shape index (κ2) is 11.7. The van der Waals surface area contributed by atoms with Crippen LogP contribution in [0.5, 0.6) is 0 Å². The number of hydrogen-bond acceptors (Lipinski definition) is 4. The molecule has 0 heterocycles. The summed E-state index contributed by atoms with van der Waals surface area (Å²) in [5, 5.41) is 28.8.